The van der Waals surface area contributed by atoms with E-state index in [1.165, 1.54) is 0 Å². The van der Waals surface area contributed by atoms with Gasteiger partial charge in [-0.15, -0.1) is 0 Å². The van der Waals surface area contributed by atoms with Crippen LogP contribution < -0.4 is 34.7 Å². The van der Waals surface area contributed by atoms with Crippen LogP contribution in [-0.2, 0) is 4.79 Å². The van der Waals surface area contributed by atoms with Gasteiger partial charge in [-0.1, -0.05) is 13.8 Å². The number of nitrogens with zero attached hydrogens (tertiary/aromatic N) is 1. The smallest absolute Gasteiger partial charge is 0.549 e. The summed E-state index contributed by atoms with van der Waals surface area (Å²) in [5, 5.41) is 29.0. The Bertz CT molecular complexity index is 157. The number of carboxylic acid groups (broad SMARTS) is 1. The van der Waals surface area contributed by atoms with Crippen molar-refractivity contribution in [2.75, 3.05) is 6.54 Å². The Morgan fingerprint density at radius 2 is 1.64 bits per heavy atom. The van der Waals surface area contributed by atoms with Gasteiger partial charge in [0, 0.05) is 6.54 Å². The molecular weight excluding hydrogens is 197 g/mol. The molecule has 0 spiro atoms. The van der Waals surface area contributed by atoms with Gasteiger partial charge in [0.25, 0.3) is 0 Å². The fourth-order valence-electron chi connectivity index (χ4n) is 1.03. The molecule has 0 radical (unpaired) electrons. The van der Waals surface area contributed by atoms with Crippen molar-refractivity contribution < 1.29 is 49.7 Å². The van der Waals surface area contributed by atoms with E-state index < -0.39 is 25.0 Å². The first-order chi connectivity index (χ1) is 6.02. The molecule has 0 aromatic rings. The number of carboxylic acids is 1. The Labute approximate surface area is 106 Å². The van der Waals surface area contributed by atoms with Crippen molar-refractivity contribution in [3.8, 4) is 0 Å². The SMILES string of the molecule is CCC(O)N(CC(=O)[O-])C(O)CC.[Na+]. The number of hydrogen-bond acceptors (Lipinski definition) is 5. The molecule has 0 amide bonds. The fourth-order valence-corrected chi connectivity index (χ4v) is 1.03. The van der Waals surface area contributed by atoms with Gasteiger partial charge in [-0.25, -0.2) is 4.90 Å². The molecule has 0 aliphatic rings. The molecule has 78 valence electrons. The summed E-state index contributed by atoms with van der Waals surface area (Å²) in [5.41, 5.74) is 0. The Balaban J connectivity index is 0. The number of carbonyl (C=O) groups is 1. The van der Waals surface area contributed by atoms with E-state index in [-0.39, 0.29) is 29.6 Å². The number of aliphatic hydroxyl groups is 2. The molecule has 0 aliphatic heterocycles. The first-order valence-corrected chi connectivity index (χ1v) is 4.34. The number of carbonyl (C=O) groups excluding carboxylic acids is 1. The summed E-state index contributed by atoms with van der Waals surface area (Å²) in [4.78, 5) is 11.4. The van der Waals surface area contributed by atoms with E-state index in [4.69, 9.17) is 0 Å². The quantitative estimate of drug-likeness (QED) is 0.343. The van der Waals surface area contributed by atoms with Crippen molar-refractivity contribution in [1.29, 1.82) is 0 Å². The first kappa shape index (κ1) is 16.8. The van der Waals surface area contributed by atoms with Gasteiger partial charge < -0.3 is 20.1 Å². The molecule has 2 atom stereocenters. The predicted octanol–water partition coefficient (Wildman–Crippen LogP) is -4.50. The minimum Gasteiger partial charge on any atom is -0.549 e. The average Bonchev–Trinajstić information content (AvgIpc) is 2.11. The van der Waals surface area contributed by atoms with Crippen LogP contribution in [0.3, 0.4) is 0 Å². The van der Waals surface area contributed by atoms with Gasteiger partial charge in [0.15, 0.2) is 0 Å². The van der Waals surface area contributed by atoms with Crippen molar-refractivity contribution in [2.45, 2.75) is 39.1 Å². The molecular formula is C8H16NNaO4. The van der Waals surface area contributed by atoms with Crippen LogP contribution in [0.4, 0.5) is 0 Å². The van der Waals surface area contributed by atoms with E-state index in [1.54, 1.807) is 13.8 Å². The summed E-state index contributed by atoms with van der Waals surface area (Å²) < 4.78 is 0. The second-order valence-corrected chi connectivity index (χ2v) is 2.82. The number of rotatable bonds is 6. The zero-order chi connectivity index (χ0) is 10.4. The molecule has 0 aliphatic carbocycles. The molecule has 0 fully saturated rings. The Hall–Kier alpha value is 0.350. The molecule has 0 aromatic carbocycles. The summed E-state index contributed by atoms with van der Waals surface area (Å²) in [6, 6.07) is 0. The minimum absolute atomic E-state index is 0. The second kappa shape index (κ2) is 8.64. The number of hydrogen-bond donors (Lipinski definition) is 2. The van der Waals surface area contributed by atoms with Crippen LogP contribution in [0.5, 0.6) is 0 Å². The van der Waals surface area contributed by atoms with Crippen LogP contribution >= 0.6 is 0 Å². The molecule has 0 bridgehead atoms. The summed E-state index contributed by atoms with van der Waals surface area (Å²) in [7, 11) is 0. The maximum Gasteiger partial charge on any atom is 1.00 e. The topological polar surface area (TPSA) is 83.8 Å². The number of aliphatic hydroxyl groups excluding tert-OH is 2. The summed E-state index contributed by atoms with van der Waals surface area (Å²) in [6.07, 6.45) is -1.14. The monoisotopic (exact) mass is 213 g/mol. The molecule has 14 heavy (non-hydrogen) atoms. The van der Waals surface area contributed by atoms with Gasteiger partial charge in [0.2, 0.25) is 0 Å². The zero-order valence-electron chi connectivity index (χ0n) is 8.93. The van der Waals surface area contributed by atoms with E-state index in [1.807, 2.05) is 0 Å². The minimum atomic E-state index is -1.31. The normalized spacial score (nSPS) is 14.6. The van der Waals surface area contributed by atoms with E-state index in [2.05, 4.69) is 0 Å². The van der Waals surface area contributed by atoms with Crippen molar-refractivity contribution >= 4 is 5.97 Å². The van der Waals surface area contributed by atoms with Gasteiger partial charge >= 0.3 is 29.6 Å². The first-order valence-electron chi connectivity index (χ1n) is 4.34. The molecule has 0 aromatic heterocycles. The van der Waals surface area contributed by atoms with E-state index >= 15 is 0 Å². The molecule has 0 saturated heterocycles. The number of aliphatic carboxylic acids is 1. The molecule has 2 N–H and O–H groups in total. The average molecular weight is 213 g/mol. The molecule has 5 nitrogen and oxygen atoms in total. The third-order valence-corrected chi connectivity index (χ3v) is 1.81. The van der Waals surface area contributed by atoms with Crippen molar-refractivity contribution in [1.82, 2.24) is 4.90 Å². The fraction of sp³-hybridized carbons (Fsp3) is 0.875. The Kier molecular flexibility index (Phi) is 10.4. The summed E-state index contributed by atoms with van der Waals surface area (Å²) >= 11 is 0. The van der Waals surface area contributed by atoms with Crippen LogP contribution in [0.15, 0.2) is 0 Å². The largest absolute Gasteiger partial charge is 1.00 e. The van der Waals surface area contributed by atoms with Crippen LogP contribution in [0.25, 0.3) is 0 Å². The second-order valence-electron chi connectivity index (χ2n) is 2.82. The van der Waals surface area contributed by atoms with Gasteiger partial charge in [0.05, 0.1) is 5.97 Å². The Morgan fingerprint density at radius 3 is 1.86 bits per heavy atom. The van der Waals surface area contributed by atoms with Crippen molar-refractivity contribution in [2.24, 2.45) is 0 Å². The van der Waals surface area contributed by atoms with Crippen LogP contribution in [0.2, 0.25) is 0 Å². The third-order valence-electron chi connectivity index (χ3n) is 1.81. The Morgan fingerprint density at radius 1 is 1.29 bits per heavy atom. The predicted molar refractivity (Wildman–Crippen MR) is 44.3 cm³/mol. The van der Waals surface area contributed by atoms with Gasteiger partial charge in [-0.05, 0) is 12.8 Å². The van der Waals surface area contributed by atoms with Gasteiger partial charge in [0.1, 0.15) is 12.5 Å². The zero-order valence-corrected chi connectivity index (χ0v) is 10.9. The van der Waals surface area contributed by atoms with Crippen LogP contribution in [0.1, 0.15) is 26.7 Å². The third kappa shape index (κ3) is 5.95. The maximum absolute atomic E-state index is 10.3. The molecule has 0 rings (SSSR count). The summed E-state index contributed by atoms with van der Waals surface area (Å²) in [5.74, 6) is -1.31. The van der Waals surface area contributed by atoms with Crippen molar-refractivity contribution in [3.63, 3.8) is 0 Å². The van der Waals surface area contributed by atoms with E-state index in [0.717, 1.165) is 4.90 Å². The van der Waals surface area contributed by atoms with E-state index in [0.29, 0.717) is 12.8 Å². The van der Waals surface area contributed by atoms with Gasteiger partial charge in [-0.2, -0.15) is 0 Å². The summed E-state index contributed by atoms with van der Waals surface area (Å²) in [6.45, 7) is 2.95. The molecule has 0 saturated carbocycles. The molecule has 6 heteroatoms. The van der Waals surface area contributed by atoms with Gasteiger partial charge in [-0.3, -0.25) is 0 Å². The standard InChI is InChI=1S/C8H17NO4.Na/c1-3-6(10)9(5-8(12)13)7(11)4-2;/h6-7,10-11H,3-5H2,1-2H3,(H,12,13);/q;+1/p-1. The molecule has 2 unspecified atom stereocenters. The molecule has 0 heterocycles. The van der Waals surface area contributed by atoms with Crippen LogP contribution in [-0.4, -0.2) is 40.1 Å². The van der Waals surface area contributed by atoms with E-state index in [9.17, 15) is 20.1 Å². The van der Waals surface area contributed by atoms with Crippen LogP contribution in [0, 0.1) is 0 Å². The maximum atomic E-state index is 10.3. The van der Waals surface area contributed by atoms with Crippen molar-refractivity contribution in [3.05, 3.63) is 0 Å².